The maximum absolute atomic E-state index is 13.4. The van der Waals surface area contributed by atoms with Crippen LogP contribution in [-0.4, -0.2) is 27.8 Å². The van der Waals surface area contributed by atoms with Gasteiger partial charge in [0.1, 0.15) is 11.5 Å². The molecule has 0 saturated heterocycles. The van der Waals surface area contributed by atoms with Crippen LogP contribution >= 0.6 is 0 Å². The van der Waals surface area contributed by atoms with Crippen LogP contribution in [-0.2, 0) is 6.18 Å². The number of nitrogens with zero attached hydrogens (tertiary/aromatic N) is 2. The quantitative estimate of drug-likeness (QED) is 0.714. The molecule has 2 radical (unpaired) electrons. The predicted octanol–water partition coefficient (Wildman–Crippen LogP) is 4.14. The Labute approximate surface area is 161 Å². The molecule has 0 amide bonds. The molecular formula is C19H22F3N5O. The molecule has 0 aromatic carbocycles. The lowest BCUT2D eigenvalue weighted by atomic mass is 9.92. The zero-order valence-corrected chi connectivity index (χ0v) is 15.8. The van der Waals surface area contributed by atoms with Crippen LogP contribution in [0.5, 0.6) is 0 Å². The highest BCUT2D eigenvalue weighted by molar-refractivity contribution is 6.11. The monoisotopic (exact) mass is 393 g/mol. The number of rotatable bonds is 7. The second kappa shape index (κ2) is 8.14. The van der Waals surface area contributed by atoms with Gasteiger partial charge in [-0.25, -0.2) is 15.7 Å². The zero-order valence-electron chi connectivity index (χ0n) is 15.8. The highest BCUT2D eigenvalue weighted by Gasteiger charge is 2.37. The highest BCUT2D eigenvalue weighted by Crippen LogP contribution is 2.33. The molecule has 2 heterocycles. The number of anilines is 1. The lowest BCUT2D eigenvalue weighted by Gasteiger charge is -2.26. The number of carbonyl (C=O) groups excluding carboxylic acids is 1. The average molecular weight is 393 g/mol. The fourth-order valence-corrected chi connectivity index (χ4v) is 2.93. The van der Waals surface area contributed by atoms with Gasteiger partial charge in [-0.2, -0.15) is 13.2 Å². The van der Waals surface area contributed by atoms with E-state index in [1.807, 2.05) is 13.8 Å². The molecule has 1 unspecified atom stereocenters. The summed E-state index contributed by atoms with van der Waals surface area (Å²) in [5, 5.41) is 2.85. The smallest absolute Gasteiger partial charge is 0.368 e. The van der Waals surface area contributed by atoms with Gasteiger partial charge in [0.2, 0.25) is 5.78 Å². The molecule has 0 aliphatic heterocycles. The van der Waals surface area contributed by atoms with Crippen molar-refractivity contribution in [3.63, 3.8) is 0 Å². The fraction of sp³-hybridized carbons (Fsp3) is 0.421. The van der Waals surface area contributed by atoms with Gasteiger partial charge in [0.15, 0.2) is 5.82 Å². The van der Waals surface area contributed by atoms with E-state index < -0.39 is 34.6 Å². The molecule has 0 spiro atoms. The first-order valence-corrected chi connectivity index (χ1v) is 8.69. The first-order chi connectivity index (χ1) is 12.9. The number of carbonyl (C=O) groups is 1. The zero-order chi connectivity index (χ0) is 21.1. The van der Waals surface area contributed by atoms with Gasteiger partial charge in [-0.1, -0.05) is 13.8 Å². The number of aromatic nitrogens is 2. The summed E-state index contributed by atoms with van der Waals surface area (Å²) in [4.78, 5) is 20.1. The Morgan fingerprint density at radius 1 is 1.25 bits per heavy atom. The van der Waals surface area contributed by atoms with Gasteiger partial charge in [-0.3, -0.25) is 10.5 Å². The Kier molecular flexibility index (Phi) is 6.28. The topological polar surface area (TPSA) is 102 Å². The third kappa shape index (κ3) is 5.41. The molecule has 1 atom stereocenters. The van der Waals surface area contributed by atoms with Crippen molar-refractivity contribution in [2.45, 2.75) is 38.9 Å². The third-order valence-corrected chi connectivity index (χ3v) is 3.99. The van der Waals surface area contributed by atoms with E-state index >= 15 is 0 Å². The number of halogens is 3. The van der Waals surface area contributed by atoms with Crippen LogP contribution in [0.3, 0.4) is 0 Å². The Balaban J connectivity index is 2.38. The molecular weight excluding hydrogens is 371 g/mol. The molecule has 0 aliphatic carbocycles. The van der Waals surface area contributed by atoms with E-state index in [2.05, 4.69) is 15.3 Å². The molecule has 0 saturated carbocycles. The second-order valence-electron chi connectivity index (χ2n) is 7.33. The molecule has 150 valence electrons. The molecule has 28 heavy (non-hydrogen) atoms. The van der Waals surface area contributed by atoms with Crippen LogP contribution in [0, 0.1) is 5.92 Å². The number of hydrogen-bond donors (Lipinski definition) is 1. The molecule has 2 rings (SSSR count). The molecule has 3 N–H and O–H groups in total. The van der Waals surface area contributed by atoms with Crippen LogP contribution in [0.25, 0.3) is 0 Å². The van der Waals surface area contributed by atoms with Crippen LogP contribution in [0.15, 0.2) is 30.5 Å². The molecule has 6 nitrogen and oxygen atoms in total. The number of pyridine rings is 2. The first kappa shape index (κ1) is 21.6. The molecule has 0 aliphatic rings. The second-order valence-corrected chi connectivity index (χ2v) is 7.33. The number of nitrogens with one attached hydrogen (secondary N) is 3. The van der Waals surface area contributed by atoms with E-state index in [0.717, 1.165) is 12.1 Å². The molecule has 9 heteroatoms. The maximum atomic E-state index is 13.4. The minimum Gasteiger partial charge on any atom is -0.368 e. The van der Waals surface area contributed by atoms with Crippen molar-refractivity contribution in [2.75, 3.05) is 11.9 Å². The summed E-state index contributed by atoms with van der Waals surface area (Å²) < 4.78 is 40.1. The Hall–Kier alpha value is -2.68. The average Bonchev–Trinajstić information content (AvgIpc) is 2.58. The van der Waals surface area contributed by atoms with Crippen molar-refractivity contribution in [1.29, 1.82) is 0 Å². The largest absolute Gasteiger partial charge is 0.418 e. The van der Waals surface area contributed by atoms with Crippen LogP contribution in [0.4, 0.5) is 24.8 Å². The summed E-state index contributed by atoms with van der Waals surface area (Å²) in [7, 11) is 0. The van der Waals surface area contributed by atoms with Crippen molar-refractivity contribution < 1.29 is 18.0 Å². The highest BCUT2D eigenvalue weighted by atomic mass is 19.4. The Morgan fingerprint density at radius 2 is 1.93 bits per heavy atom. The summed E-state index contributed by atoms with van der Waals surface area (Å²) in [6.07, 6.45) is -2.91. The van der Waals surface area contributed by atoms with Gasteiger partial charge < -0.3 is 5.32 Å². The van der Waals surface area contributed by atoms with Crippen LogP contribution < -0.4 is 16.8 Å². The molecule has 2 aromatic rings. The summed E-state index contributed by atoms with van der Waals surface area (Å²) in [5.41, 5.74) is 12.9. The van der Waals surface area contributed by atoms with Gasteiger partial charge in [0.05, 0.1) is 11.1 Å². The van der Waals surface area contributed by atoms with E-state index in [4.69, 9.17) is 11.5 Å². The number of ketones is 1. The maximum Gasteiger partial charge on any atom is 0.418 e. The van der Waals surface area contributed by atoms with Crippen molar-refractivity contribution in [3.05, 3.63) is 47.3 Å². The fourth-order valence-electron chi connectivity index (χ4n) is 2.93. The van der Waals surface area contributed by atoms with Gasteiger partial charge in [-0.15, -0.1) is 0 Å². The normalized spacial score (nSPS) is 14.0. The molecule has 2 aromatic heterocycles. The predicted molar refractivity (Wildman–Crippen MR) is 99.1 cm³/mol. The summed E-state index contributed by atoms with van der Waals surface area (Å²) in [6, 6.07) is 4.53. The molecule has 0 fully saturated rings. The van der Waals surface area contributed by atoms with E-state index in [9.17, 15) is 18.0 Å². The Morgan fingerprint density at radius 3 is 2.50 bits per heavy atom. The van der Waals surface area contributed by atoms with Crippen molar-refractivity contribution >= 4 is 17.4 Å². The van der Waals surface area contributed by atoms with E-state index in [1.165, 1.54) is 18.3 Å². The van der Waals surface area contributed by atoms with E-state index in [1.54, 1.807) is 6.92 Å². The van der Waals surface area contributed by atoms with E-state index in [0.29, 0.717) is 6.42 Å². The van der Waals surface area contributed by atoms with Gasteiger partial charge >= 0.3 is 6.18 Å². The third-order valence-electron chi connectivity index (χ3n) is 3.99. The summed E-state index contributed by atoms with van der Waals surface area (Å²) >= 11 is 0. The number of alkyl halides is 3. The van der Waals surface area contributed by atoms with E-state index in [-0.39, 0.29) is 23.8 Å². The first-order valence-electron chi connectivity index (χ1n) is 8.69. The minimum absolute atomic E-state index is 0.0639. The standard InChI is InChI=1S/C19H22F3N5O/c1-11(2)9-18(3,24)10-26-14-7-6-13(19(20,21)22)15(27-14)16(28)12-5-4-8-25-17(12)23/h4-8,11,23-24H,9-10H2,1-3H3,(H,26,27). The van der Waals surface area contributed by atoms with Crippen LogP contribution in [0.1, 0.15) is 48.8 Å². The number of hydrogen-bond acceptors (Lipinski definition) is 4. The summed E-state index contributed by atoms with van der Waals surface area (Å²) in [5.74, 6) is -1.10. The lowest BCUT2D eigenvalue weighted by molar-refractivity contribution is -0.138. The van der Waals surface area contributed by atoms with Crippen LogP contribution in [0.2, 0.25) is 0 Å². The van der Waals surface area contributed by atoms with Gasteiger partial charge in [0, 0.05) is 18.3 Å². The van der Waals surface area contributed by atoms with Crippen molar-refractivity contribution in [3.8, 4) is 0 Å². The van der Waals surface area contributed by atoms with Gasteiger partial charge in [0.25, 0.3) is 0 Å². The lowest BCUT2D eigenvalue weighted by Crippen LogP contribution is -2.37. The van der Waals surface area contributed by atoms with Crippen molar-refractivity contribution in [2.24, 2.45) is 5.92 Å². The van der Waals surface area contributed by atoms with Gasteiger partial charge in [-0.05, 0) is 43.5 Å². The van der Waals surface area contributed by atoms with Crippen molar-refractivity contribution in [1.82, 2.24) is 21.4 Å². The Bertz CT molecular complexity index is 850. The summed E-state index contributed by atoms with van der Waals surface area (Å²) in [6.45, 7) is 5.84. The minimum atomic E-state index is -4.78. The SMILES string of the molecule is CC(C)CC(C)([NH])CNc1ccc(C(F)(F)F)c(C(=O)c2cccnc2[NH])n1. The molecule has 0 bridgehead atoms.